The summed E-state index contributed by atoms with van der Waals surface area (Å²) >= 11 is 0. The SMILES string of the molecule is C/C=C\C=C1\CCc2ccncc2C(N)C1. The first-order chi connectivity index (χ1) is 7.81. The summed E-state index contributed by atoms with van der Waals surface area (Å²) < 4.78 is 0. The Kier molecular flexibility index (Phi) is 3.52. The van der Waals surface area contributed by atoms with Gasteiger partial charge in [0.15, 0.2) is 0 Å². The zero-order valence-corrected chi connectivity index (χ0v) is 9.69. The molecule has 16 heavy (non-hydrogen) atoms. The average molecular weight is 214 g/mol. The molecule has 0 bridgehead atoms. The molecule has 1 atom stereocenters. The minimum absolute atomic E-state index is 0.0997. The van der Waals surface area contributed by atoms with E-state index in [1.165, 1.54) is 16.7 Å². The highest BCUT2D eigenvalue weighted by molar-refractivity contribution is 5.32. The van der Waals surface area contributed by atoms with Crippen molar-refractivity contribution >= 4 is 0 Å². The second kappa shape index (κ2) is 5.08. The van der Waals surface area contributed by atoms with E-state index in [0.717, 1.165) is 19.3 Å². The molecule has 0 spiro atoms. The standard InChI is InChI=1S/C14H18N2/c1-2-3-4-11-5-6-12-7-8-16-10-13(12)14(15)9-11/h2-4,7-8,10,14H,5-6,9,15H2,1H3/b3-2-,11-4-. The first-order valence-corrected chi connectivity index (χ1v) is 5.80. The van der Waals surface area contributed by atoms with Crippen LogP contribution in [0.15, 0.2) is 42.3 Å². The maximum absolute atomic E-state index is 6.20. The first kappa shape index (κ1) is 11.1. The zero-order valence-electron chi connectivity index (χ0n) is 9.69. The van der Waals surface area contributed by atoms with Crippen LogP contribution in [0.3, 0.4) is 0 Å². The Bertz CT molecular complexity index is 418. The highest BCUT2D eigenvalue weighted by Gasteiger charge is 2.17. The predicted molar refractivity (Wildman–Crippen MR) is 67.0 cm³/mol. The molecule has 1 aromatic rings. The minimum Gasteiger partial charge on any atom is -0.324 e. The van der Waals surface area contributed by atoms with Gasteiger partial charge in [-0.2, -0.15) is 0 Å². The van der Waals surface area contributed by atoms with Gasteiger partial charge in [0.1, 0.15) is 0 Å². The van der Waals surface area contributed by atoms with Crippen molar-refractivity contribution in [1.82, 2.24) is 4.98 Å². The fourth-order valence-corrected chi connectivity index (χ4v) is 2.17. The number of hydrogen-bond acceptors (Lipinski definition) is 2. The van der Waals surface area contributed by atoms with Gasteiger partial charge < -0.3 is 5.73 Å². The van der Waals surface area contributed by atoms with Crippen LogP contribution in [-0.4, -0.2) is 4.98 Å². The van der Waals surface area contributed by atoms with E-state index in [2.05, 4.69) is 29.3 Å². The van der Waals surface area contributed by atoms with Crippen LogP contribution >= 0.6 is 0 Å². The number of aryl methyl sites for hydroxylation is 1. The van der Waals surface area contributed by atoms with Crippen molar-refractivity contribution < 1.29 is 0 Å². The summed E-state index contributed by atoms with van der Waals surface area (Å²) in [5.41, 5.74) is 10.2. The van der Waals surface area contributed by atoms with Crippen molar-refractivity contribution in [2.75, 3.05) is 0 Å². The molecule has 1 aliphatic carbocycles. The summed E-state index contributed by atoms with van der Waals surface area (Å²) in [5.74, 6) is 0. The van der Waals surface area contributed by atoms with Crippen LogP contribution in [0, 0.1) is 0 Å². The van der Waals surface area contributed by atoms with Gasteiger partial charge in [0, 0.05) is 18.4 Å². The van der Waals surface area contributed by atoms with Crippen LogP contribution in [0.4, 0.5) is 0 Å². The molecular formula is C14H18N2. The fourth-order valence-electron chi connectivity index (χ4n) is 2.17. The first-order valence-electron chi connectivity index (χ1n) is 5.80. The highest BCUT2D eigenvalue weighted by atomic mass is 14.7. The van der Waals surface area contributed by atoms with Crippen molar-refractivity contribution in [3.05, 3.63) is 53.4 Å². The molecule has 1 aliphatic rings. The van der Waals surface area contributed by atoms with Crippen molar-refractivity contribution in [1.29, 1.82) is 0 Å². The van der Waals surface area contributed by atoms with Gasteiger partial charge >= 0.3 is 0 Å². The maximum Gasteiger partial charge on any atom is 0.0350 e. The molecule has 0 saturated heterocycles. The lowest BCUT2D eigenvalue weighted by Gasteiger charge is -2.11. The van der Waals surface area contributed by atoms with Crippen LogP contribution in [0.1, 0.15) is 36.9 Å². The number of pyridine rings is 1. The fraction of sp³-hybridized carbons (Fsp3) is 0.357. The van der Waals surface area contributed by atoms with Gasteiger partial charge in [0.2, 0.25) is 0 Å². The summed E-state index contributed by atoms with van der Waals surface area (Å²) in [4.78, 5) is 4.16. The molecule has 1 aromatic heterocycles. The van der Waals surface area contributed by atoms with Gasteiger partial charge in [-0.3, -0.25) is 4.98 Å². The van der Waals surface area contributed by atoms with Crippen molar-refractivity contribution in [2.24, 2.45) is 5.73 Å². The lowest BCUT2D eigenvalue weighted by molar-refractivity contribution is 0.711. The van der Waals surface area contributed by atoms with E-state index >= 15 is 0 Å². The molecule has 1 unspecified atom stereocenters. The monoisotopic (exact) mass is 214 g/mol. The van der Waals surface area contributed by atoms with Crippen molar-refractivity contribution in [2.45, 2.75) is 32.2 Å². The van der Waals surface area contributed by atoms with E-state index in [1.54, 1.807) is 0 Å². The molecule has 2 heteroatoms. The van der Waals surface area contributed by atoms with Crippen molar-refractivity contribution in [3.8, 4) is 0 Å². The molecule has 0 amide bonds. The van der Waals surface area contributed by atoms with Gasteiger partial charge in [0.05, 0.1) is 0 Å². The Morgan fingerprint density at radius 1 is 1.44 bits per heavy atom. The van der Waals surface area contributed by atoms with Gasteiger partial charge in [-0.05, 0) is 43.4 Å². The van der Waals surface area contributed by atoms with Gasteiger partial charge in [-0.25, -0.2) is 0 Å². The van der Waals surface area contributed by atoms with E-state index in [0.29, 0.717) is 0 Å². The van der Waals surface area contributed by atoms with Crippen LogP contribution in [0.2, 0.25) is 0 Å². The lowest BCUT2D eigenvalue weighted by atomic mass is 10.0. The molecule has 0 aliphatic heterocycles. The number of rotatable bonds is 1. The molecule has 0 fully saturated rings. The second-order valence-electron chi connectivity index (χ2n) is 4.24. The predicted octanol–water partition coefficient (Wildman–Crippen LogP) is 2.92. The number of fused-ring (bicyclic) bond motifs is 1. The summed E-state index contributed by atoms with van der Waals surface area (Å²) in [5, 5.41) is 0. The maximum atomic E-state index is 6.20. The Morgan fingerprint density at radius 3 is 3.12 bits per heavy atom. The quantitative estimate of drug-likeness (QED) is 0.730. The number of allylic oxidation sites excluding steroid dienone is 3. The van der Waals surface area contributed by atoms with Crippen molar-refractivity contribution in [3.63, 3.8) is 0 Å². The smallest absolute Gasteiger partial charge is 0.0350 e. The van der Waals surface area contributed by atoms with Crippen LogP contribution in [0.5, 0.6) is 0 Å². The normalized spacial score (nSPS) is 23.4. The van der Waals surface area contributed by atoms with Gasteiger partial charge in [-0.1, -0.05) is 23.8 Å². The molecule has 0 radical (unpaired) electrons. The molecule has 2 nitrogen and oxygen atoms in total. The highest BCUT2D eigenvalue weighted by Crippen LogP contribution is 2.29. The topological polar surface area (TPSA) is 38.9 Å². The number of nitrogens with two attached hydrogens (primary N) is 1. The Morgan fingerprint density at radius 2 is 2.31 bits per heavy atom. The molecular weight excluding hydrogens is 196 g/mol. The third kappa shape index (κ3) is 2.39. The summed E-state index contributed by atoms with van der Waals surface area (Å²) in [6, 6.07) is 2.19. The molecule has 0 saturated carbocycles. The number of hydrogen-bond donors (Lipinski definition) is 1. The molecule has 2 rings (SSSR count). The summed E-state index contributed by atoms with van der Waals surface area (Å²) in [6.07, 6.45) is 13.2. The Hall–Kier alpha value is -1.41. The van der Waals surface area contributed by atoms with E-state index in [1.807, 2.05) is 19.3 Å². The van der Waals surface area contributed by atoms with Gasteiger partial charge in [0.25, 0.3) is 0 Å². The molecule has 1 heterocycles. The Labute approximate surface area is 96.9 Å². The van der Waals surface area contributed by atoms with E-state index in [9.17, 15) is 0 Å². The lowest BCUT2D eigenvalue weighted by Crippen LogP contribution is -2.11. The van der Waals surface area contributed by atoms with E-state index < -0.39 is 0 Å². The molecule has 84 valence electrons. The molecule has 2 N–H and O–H groups in total. The third-order valence-electron chi connectivity index (χ3n) is 3.07. The van der Waals surface area contributed by atoms with Crippen LogP contribution in [-0.2, 0) is 6.42 Å². The van der Waals surface area contributed by atoms with Gasteiger partial charge in [-0.15, -0.1) is 0 Å². The number of aromatic nitrogens is 1. The van der Waals surface area contributed by atoms with Crippen LogP contribution in [0.25, 0.3) is 0 Å². The largest absolute Gasteiger partial charge is 0.324 e. The van der Waals surface area contributed by atoms with Crippen LogP contribution < -0.4 is 5.73 Å². The third-order valence-corrected chi connectivity index (χ3v) is 3.07. The summed E-state index contributed by atoms with van der Waals surface area (Å²) in [6.45, 7) is 2.03. The Balaban J connectivity index is 2.25. The zero-order chi connectivity index (χ0) is 11.4. The molecule has 0 aromatic carbocycles. The minimum atomic E-state index is 0.0997. The average Bonchev–Trinajstić information content (AvgIpc) is 2.47. The summed E-state index contributed by atoms with van der Waals surface area (Å²) in [7, 11) is 0. The second-order valence-corrected chi connectivity index (χ2v) is 4.24. The van der Waals surface area contributed by atoms with E-state index in [4.69, 9.17) is 5.73 Å². The number of nitrogens with zero attached hydrogens (tertiary/aromatic N) is 1. The van der Waals surface area contributed by atoms with E-state index in [-0.39, 0.29) is 6.04 Å².